The van der Waals surface area contributed by atoms with Gasteiger partial charge in [0.25, 0.3) is 0 Å². The molecular weight excluding hydrogens is 372 g/mol. The first kappa shape index (κ1) is 17.5. The molecule has 0 aliphatic carbocycles. The summed E-state index contributed by atoms with van der Waals surface area (Å²) >= 11 is 1.07. The molecule has 0 atom stereocenters. The molecule has 0 bridgehead atoms. The normalized spacial score (nSPS) is 14.7. The van der Waals surface area contributed by atoms with Crippen LogP contribution in [0.2, 0.25) is 0 Å². The van der Waals surface area contributed by atoms with E-state index in [1.807, 2.05) is 4.90 Å². The molecule has 4 heterocycles. The van der Waals surface area contributed by atoms with Crippen molar-refractivity contribution in [2.45, 2.75) is 13.0 Å². The van der Waals surface area contributed by atoms with Gasteiger partial charge in [-0.15, -0.1) is 0 Å². The van der Waals surface area contributed by atoms with Gasteiger partial charge in [-0.1, -0.05) is 0 Å². The summed E-state index contributed by atoms with van der Waals surface area (Å²) in [4.78, 5) is 34.9. The number of fused-ring (bicyclic) bond motifs is 1. The van der Waals surface area contributed by atoms with Gasteiger partial charge >= 0.3 is 5.97 Å². The fraction of sp³-hybridized carbons (Fsp3) is 0.312. The number of aromatic nitrogens is 4. The highest BCUT2D eigenvalue weighted by atomic mass is 32.1. The van der Waals surface area contributed by atoms with Crippen LogP contribution in [0.4, 0.5) is 5.82 Å². The third-order valence-electron chi connectivity index (χ3n) is 4.64. The van der Waals surface area contributed by atoms with Gasteiger partial charge in [-0.2, -0.15) is 9.44 Å². The fourth-order valence-electron chi connectivity index (χ4n) is 3.09. The van der Waals surface area contributed by atoms with E-state index in [0.717, 1.165) is 11.5 Å². The molecule has 3 aromatic heterocycles. The van der Waals surface area contributed by atoms with Crippen LogP contribution < -0.4 is 10.3 Å². The molecule has 0 unspecified atom stereocenters. The molecule has 2 N–H and O–H groups in total. The Bertz CT molecular complexity index is 1090. The monoisotopic (exact) mass is 388 g/mol. The van der Waals surface area contributed by atoms with Gasteiger partial charge in [0.2, 0.25) is 10.6 Å². The van der Waals surface area contributed by atoms with Crippen LogP contribution in [0.15, 0.2) is 23.4 Å². The van der Waals surface area contributed by atoms with Crippen molar-refractivity contribution in [1.82, 2.24) is 24.0 Å². The maximum atomic E-state index is 12.7. The van der Waals surface area contributed by atoms with Crippen LogP contribution in [0.5, 0.6) is 0 Å². The Morgan fingerprint density at radius 2 is 2.15 bits per heavy atom. The van der Waals surface area contributed by atoms with E-state index in [-0.39, 0.29) is 17.0 Å². The highest BCUT2D eigenvalue weighted by molar-refractivity contribution is 7.08. The summed E-state index contributed by atoms with van der Waals surface area (Å²) in [7, 11) is 1.60. The lowest BCUT2D eigenvalue weighted by Gasteiger charge is -2.42. The Balaban J connectivity index is 1.93. The average Bonchev–Trinajstić information content (AvgIpc) is 3.06. The van der Waals surface area contributed by atoms with E-state index in [4.69, 9.17) is 0 Å². The van der Waals surface area contributed by atoms with Gasteiger partial charge in [0, 0.05) is 37.9 Å². The van der Waals surface area contributed by atoms with Gasteiger partial charge in [-0.05, 0) is 18.6 Å². The number of carboxylic acid groups (broad SMARTS) is 1. The van der Waals surface area contributed by atoms with Crippen LogP contribution in [-0.2, 0) is 0 Å². The van der Waals surface area contributed by atoms with Gasteiger partial charge in [-0.3, -0.25) is 9.36 Å². The van der Waals surface area contributed by atoms with Crippen LogP contribution in [-0.4, -0.2) is 66.4 Å². The SMILES string of the molecule is Cc1cc(N2CC(N(C)O)C2)nc2c1c(=O)c(C(=O)O)cn2-c1ncns1. The molecule has 0 amide bonds. The molecule has 1 aliphatic rings. The molecule has 0 saturated carbocycles. The predicted molar refractivity (Wildman–Crippen MR) is 98.1 cm³/mol. The summed E-state index contributed by atoms with van der Waals surface area (Å²) in [6, 6.07) is 1.77. The third kappa shape index (κ3) is 2.85. The number of anilines is 1. The zero-order valence-electron chi connectivity index (χ0n) is 14.5. The lowest BCUT2D eigenvalue weighted by Crippen LogP contribution is -2.58. The number of carboxylic acids is 1. The number of likely N-dealkylation sites (N-methyl/N-ethyl adjacent to an activating group) is 1. The molecule has 4 rings (SSSR count). The third-order valence-corrected chi connectivity index (χ3v) is 5.31. The number of carbonyl (C=O) groups is 1. The maximum Gasteiger partial charge on any atom is 0.341 e. The van der Waals surface area contributed by atoms with E-state index in [9.17, 15) is 19.9 Å². The van der Waals surface area contributed by atoms with Crippen molar-refractivity contribution in [2.24, 2.45) is 0 Å². The fourth-order valence-corrected chi connectivity index (χ4v) is 3.60. The Kier molecular flexibility index (Phi) is 4.13. The minimum absolute atomic E-state index is 0.0162. The van der Waals surface area contributed by atoms with Gasteiger partial charge in [0.05, 0.1) is 11.4 Å². The van der Waals surface area contributed by atoms with Crippen LogP contribution in [0.25, 0.3) is 16.2 Å². The Morgan fingerprint density at radius 3 is 2.74 bits per heavy atom. The molecule has 1 saturated heterocycles. The van der Waals surface area contributed by atoms with E-state index >= 15 is 0 Å². The molecule has 27 heavy (non-hydrogen) atoms. The largest absolute Gasteiger partial charge is 0.477 e. The van der Waals surface area contributed by atoms with E-state index in [1.165, 1.54) is 22.2 Å². The van der Waals surface area contributed by atoms with Crippen LogP contribution in [0, 0.1) is 6.92 Å². The Labute approximate surface area is 157 Å². The van der Waals surface area contributed by atoms with Crippen LogP contribution in [0.3, 0.4) is 0 Å². The van der Waals surface area contributed by atoms with E-state index < -0.39 is 11.4 Å². The summed E-state index contributed by atoms with van der Waals surface area (Å²) in [5, 5.41) is 20.8. The van der Waals surface area contributed by atoms with E-state index in [1.54, 1.807) is 20.0 Å². The van der Waals surface area contributed by atoms with Crippen LogP contribution in [0.1, 0.15) is 15.9 Å². The summed E-state index contributed by atoms with van der Waals surface area (Å²) in [6.45, 7) is 2.95. The quantitative estimate of drug-likeness (QED) is 0.623. The number of hydroxylamine groups is 2. The van der Waals surface area contributed by atoms with Crippen molar-refractivity contribution >= 4 is 34.4 Å². The number of hydrogen-bond donors (Lipinski definition) is 2. The number of rotatable bonds is 4. The van der Waals surface area contributed by atoms with E-state index in [0.29, 0.717) is 35.2 Å². The minimum Gasteiger partial charge on any atom is -0.477 e. The highest BCUT2D eigenvalue weighted by Gasteiger charge is 2.31. The first-order valence-corrected chi connectivity index (χ1v) is 8.88. The molecule has 3 aromatic rings. The summed E-state index contributed by atoms with van der Waals surface area (Å²) < 4.78 is 5.44. The zero-order valence-corrected chi connectivity index (χ0v) is 15.3. The maximum absolute atomic E-state index is 12.7. The predicted octanol–water partition coefficient (Wildman–Crippen LogP) is 0.753. The molecule has 0 spiro atoms. The second-order valence-corrected chi connectivity index (χ2v) is 7.16. The number of aryl methyl sites for hydroxylation is 1. The summed E-state index contributed by atoms with van der Waals surface area (Å²) in [5.41, 5.74) is 0.0346. The molecule has 0 aromatic carbocycles. The van der Waals surface area contributed by atoms with Gasteiger partial charge in [0.15, 0.2) is 5.65 Å². The average molecular weight is 388 g/mol. The van der Waals surface area contributed by atoms with Crippen LogP contribution >= 0.6 is 11.5 Å². The van der Waals surface area contributed by atoms with Crippen molar-refractivity contribution in [3.63, 3.8) is 0 Å². The summed E-state index contributed by atoms with van der Waals surface area (Å²) in [6.07, 6.45) is 2.60. The summed E-state index contributed by atoms with van der Waals surface area (Å²) in [5.74, 6) is -0.654. The van der Waals surface area contributed by atoms with Gasteiger partial charge in [0.1, 0.15) is 17.7 Å². The number of hydrogen-bond acceptors (Lipinski definition) is 9. The smallest absolute Gasteiger partial charge is 0.341 e. The second-order valence-electron chi connectivity index (χ2n) is 6.40. The second kappa shape index (κ2) is 6.37. The van der Waals surface area contributed by atoms with Crippen molar-refractivity contribution in [3.05, 3.63) is 39.9 Å². The first-order valence-electron chi connectivity index (χ1n) is 8.11. The number of pyridine rings is 2. The minimum atomic E-state index is -1.31. The van der Waals surface area contributed by atoms with Crippen molar-refractivity contribution < 1.29 is 15.1 Å². The lowest BCUT2D eigenvalue weighted by molar-refractivity contribution is -0.109. The molecule has 10 nitrogen and oxygen atoms in total. The van der Waals surface area contributed by atoms with Crippen molar-refractivity contribution in [2.75, 3.05) is 25.0 Å². The zero-order chi connectivity index (χ0) is 19.3. The van der Waals surface area contributed by atoms with Crippen molar-refractivity contribution in [3.8, 4) is 5.13 Å². The van der Waals surface area contributed by atoms with E-state index in [2.05, 4.69) is 14.3 Å². The lowest BCUT2D eigenvalue weighted by atomic mass is 10.1. The molecule has 140 valence electrons. The topological polar surface area (TPSA) is 125 Å². The van der Waals surface area contributed by atoms with Gasteiger partial charge < -0.3 is 15.2 Å². The molecule has 1 aliphatic heterocycles. The Morgan fingerprint density at radius 1 is 1.41 bits per heavy atom. The number of aromatic carboxylic acids is 1. The first-order chi connectivity index (χ1) is 12.9. The molecule has 0 radical (unpaired) electrons. The molecular formula is C16H16N6O4S. The molecule has 11 heteroatoms. The standard InChI is InChI=1S/C16H16N6O4S/c1-8-3-11(21-4-9(5-21)20(2)26)19-14-12(8)13(23)10(15(24)25)6-22(14)16-17-7-18-27-16/h3,6-7,9,26H,4-5H2,1-2H3,(H,24,25). The highest BCUT2D eigenvalue weighted by Crippen LogP contribution is 2.27. The number of nitrogens with zero attached hydrogens (tertiary/aromatic N) is 6. The molecule has 1 fully saturated rings. The van der Waals surface area contributed by atoms with Crippen molar-refractivity contribution in [1.29, 1.82) is 0 Å². The van der Waals surface area contributed by atoms with Gasteiger partial charge in [-0.25, -0.2) is 14.8 Å². The Hall–Kier alpha value is -2.89.